The fourth-order valence-corrected chi connectivity index (χ4v) is 9.20. The molecule has 3 aliphatic rings. The first kappa shape index (κ1) is 41.5. The molecule has 322 valence electrons. The molecule has 3 aromatic carbocycles. The number of carbonyl (C=O) groups excluding carboxylic acids is 3. The lowest BCUT2D eigenvalue weighted by atomic mass is 9.92. The summed E-state index contributed by atoms with van der Waals surface area (Å²) >= 11 is 0. The second-order valence-corrected chi connectivity index (χ2v) is 16.3. The zero-order valence-corrected chi connectivity index (χ0v) is 35.3. The molecule has 2 aromatic heterocycles. The monoisotopic (exact) mass is 836 g/mol. The summed E-state index contributed by atoms with van der Waals surface area (Å²) in [5.74, 6) is 1.42. The molecule has 5 N–H and O–H groups in total. The number of rotatable bonds is 11. The third-order valence-corrected chi connectivity index (χ3v) is 12.7. The Hall–Kier alpha value is -6.20. The Balaban J connectivity index is 1.05. The lowest BCUT2D eigenvalue weighted by molar-refractivity contribution is -0.140. The maximum Gasteiger partial charge on any atom is 0.407 e. The highest BCUT2D eigenvalue weighted by molar-refractivity contribution is 6.07. The van der Waals surface area contributed by atoms with Crippen LogP contribution in [0, 0.1) is 0 Å². The molecule has 5 aromatic rings. The van der Waals surface area contributed by atoms with E-state index in [0.717, 1.165) is 68.3 Å². The molecule has 8 rings (SSSR count). The first-order valence-corrected chi connectivity index (χ1v) is 20.6. The Morgan fingerprint density at radius 1 is 0.820 bits per heavy atom. The van der Waals surface area contributed by atoms with Crippen LogP contribution in [0.15, 0.2) is 48.7 Å². The number of methoxy groups -OCH3 is 3. The van der Waals surface area contributed by atoms with E-state index in [1.165, 1.54) is 21.3 Å². The molecule has 17 heteroatoms. The van der Waals surface area contributed by atoms with E-state index in [-0.39, 0.29) is 36.0 Å². The third-order valence-electron chi connectivity index (χ3n) is 12.7. The van der Waals surface area contributed by atoms with E-state index in [1.807, 2.05) is 32.0 Å². The highest BCUT2D eigenvalue weighted by atomic mass is 16.5. The van der Waals surface area contributed by atoms with Gasteiger partial charge in [-0.05, 0) is 99.7 Å². The normalized spacial score (nSPS) is 21.6. The zero-order chi connectivity index (χ0) is 43.3. The van der Waals surface area contributed by atoms with Crippen molar-refractivity contribution < 1.29 is 43.2 Å². The molecule has 0 spiro atoms. The lowest BCUT2D eigenvalue weighted by Gasteiger charge is -2.33. The van der Waals surface area contributed by atoms with Crippen LogP contribution in [0.5, 0.6) is 5.75 Å². The number of H-pyrrole nitrogens is 2. The van der Waals surface area contributed by atoms with Crippen LogP contribution in [0.3, 0.4) is 0 Å². The van der Waals surface area contributed by atoms with Gasteiger partial charge in [0.25, 0.3) is 0 Å². The molecule has 5 heterocycles. The summed E-state index contributed by atoms with van der Waals surface area (Å²) in [4.78, 5) is 71.8. The molecule has 1 unspecified atom stereocenters. The number of imidazole rings is 2. The SMILES string of the molecule is COC(=O)N[C@H](C(=O)N1[C@@H](C)CC[C@H]1c1ncc(-c2ccc3c(c2)COc2cc4c(ccc5[nH]c([C@@H]6CC[C@H](C)N6C(=O)[C@@H](NC(=O)O)[C@@H](C)OC)nc54)cc2-3)[nH]1)C(C)OC. The second-order valence-electron chi connectivity index (χ2n) is 16.3. The molecule has 8 atom stereocenters. The van der Waals surface area contributed by atoms with Crippen molar-refractivity contribution in [1.29, 1.82) is 0 Å². The highest BCUT2D eigenvalue weighted by Gasteiger charge is 2.43. The van der Waals surface area contributed by atoms with Crippen LogP contribution < -0.4 is 15.4 Å². The van der Waals surface area contributed by atoms with Crippen molar-refractivity contribution in [2.75, 3.05) is 21.3 Å². The number of nitrogens with one attached hydrogen (secondary N) is 4. The molecule has 4 amide bonds. The molecule has 0 aliphatic carbocycles. The molecule has 61 heavy (non-hydrogen) atoms. The number of carbonyl (C=O) groups is 4. The fourth-order valence-electron chi connectivity index (χ4n) is 9.20. The molecule has 2 fully saturated rings. The van der Waals surface area contributed by atoms with Crippen molar-refractivity contribution >= 4 is 45.8 Å². The van der Waals surface area contributed by atoms with Crippen LogP contribution in [-0.4, -0.2) is 117 Å². The number of ether oxygens (including phenoxy) is 4. The molecule has 0 saturated carbocycles. The van der Waals surface area contributed by atoms with Crippen molar-refractivity contribution in [3.8, 4) is 28.1 Å². The van der Waals surface area contributed by atoms with Gasteiger partial charge < -0.3 is 54.5 Å². The van der Waals surface area contributed by atoms with Gasteiger partial charge >= 0.3 is 12.2 Å². The predicted octanol–water partition coefficient (Wildman–Crippen LogP) is 6.20. The molecule has 17 nitrogen and oxygen atoms in total. The Labute approximate surface area is 352 Å². The zero-order valence-electron chi connectivity index (χ0n) is 35.3. The van der Waals surface area contributed by atoms with Gasteiger partial charge in [-0.1, -0.05) is 18.2 Å². The second kappa shape index (κ2) is 16.7. The number of hydrogen-bond acceptors (Lipinski definition) is 10. The standard InChI is InChI=1S/C44H52N8O9/c1-21-8-14-33(51(21)42(54)37(24(4)59-6)50-44(57)60-7)39-45-19-32(47-39)26-10-12-28-27(16-26)20-61-35-18-29-25(17-30(28)35)11-13-31-38(29)48-40(46-31)34-15-9-22(2)52(34)41(53)36(23(3)58-5)49-43(55)56/h10-13,16-19,21-24,33-34,36-37,49H,8-9,14-15,20H2,1-7H3,(H,45,47)(H,46,48)(H,50,57)(H,55,56)/t21-,22-,23+,24?,33-,34-,36-,37-/m0/s1. The van der Waals surface area contributed by atoms with Gasteiger partial charge in [0.05, 0.1) is 54.3 Å². The number of aromatic amines is 2. The van der Waals surface area contributed by atoms with Gasteiger partial charge in [0, 0.05) is 37.3 Å². The number of nitrogens with zero attached hydrogens (tertiary/aromatic N) is 4. The van der Waals surface area contributed by atoms with Gasteiger partial charge in [-0.2, -0.15) is 0 Å². The minimum absolute atomic E-state index is 0.0783. The van der Waals surface area contributed by atoms with E-state index >= 15 is 0 Å². The fraction of sp³-hybridized carbons (Fsp3) is 0.455. The molecule has 0 radical (unpaired) electrons. The van der Waals surface area contributed by atoms with Crippen LogP contribution >= 0.6 is 0 Å². The minimum Gasteiger partial charge on any atom is -0.488 e. The smallest absolute Gasteiger partial charge is 0.407 e. The topological polar surface area (TPSA) is 213 Å². The summed E-state index contributed by atoms with van der Waals surface area (Å²) < 4.78 is 22.0. The third kappa shape index (κ3) is 7.60. The maximum atomic E-state index is 13.9. The van der Waals surface area contributed by atoms with Crippen LogP contribution in [0.1, 0.15) is 82.7 Å². The van der Waals surface area contributed by atoms with Crippen LogP contribution in [0.25, 0.3) is 44.2 Å². The van der Waals surface area contributed by atoms with Gasteiger partial charge in [0.15, 0.2) is 0 Å². The summed E-state index contributed by atoms with van der Waals surface area (Å²) in [6.07, 6.45) is 1.43. The van der Waals surface area contributed by atoms with E-state index in [9.17, 15) is 24.3 Å². The Kier molecular flexibility index (Phi) is 11.4. The number of likely N-dealkylation sites (tertiary alicyclic amines) is 2. The number of amides is 4. The van der Waals surface area contributed by atoms with Crippen molar-refractivity contribution in [2.24, 2.45) is 0 Å². The Bertz CT molecular complexity index is 2500. The maximum absolute atomic E-state index is 13.9. The van der Waals surface area contributed by atoms with E-state index < -0.39 is 36.5 Å². The van der Waals surface area contributed by atoms with E-state index in [2.05, 4.69) is 44.9 Å². The van der Waals surface area contributed by atoms with Crippen molar-refractivity contribution in [3.63, 3.8) is 0 Å². The van der Waals surface area contributed by atoms with Gasteiger partial charge in [-0.25, -0.2) is 19.6 Å². The quantitative estimate of drug-likeness (QED) is 0.101. The van der Waals surface area contributed by atoms with Crippen LogP contribution in [0.4, 0.5) is 9.59 Å². The van der Waals surface area contributed by atoms with Crippen molar-refractivity contribution in [1.82, 2.24) is 40.4 Å². The first-order valence-electron chi connectivity index (χ1n) is 20.6. The van der Waals surface area contributed by atoms with Gasteiger partial charge in [-0.3, -0.25) is 9.59 Å². The molecular weight excluding hydrogens is 785 g/mol. The van der Waals surface area contributed by atoms with E-state index in [1.54, 1.807) is 29.8 Å². The van der Waals surface area contributed by atoms with Gasteiger partial charge in [0.2, 0.25) is 11.8 Å². The van der Waals surface area contributed by atoms with Gasteiger partial charge in [0.1, 0.15) is 36.1 Å². The number of aromatic nitrogens is 4. The van der Waals surface area contributed by atoms with E-state index in [0.29, 0.717) is 31.1 Å². The first-order chi connectivity index (χ1) is 29.3. The van der Waals surface area contributed by atoms with Crippen LogP contribution in [-0.2, 0) is 30.4 Å². The molecular formula is C44H52N8O9. The lowest BCUT2D eigenvalue weighted by Crippen LogP contribution is -2.55. The van der Waals surface area contributed by atoms with Crippen molar-refractivity contribution in [3.05, 3.63) is 65.9 Å². The minimum atomic E-state index is -1.29. The average molecular weight is 837 g/mol. The average Bonchev–Trinajstić information content (AvgIpc) is 4.08. The molecule has 0 bridgehead atoms. The Morgan fingerprint density at radius 2 is 1.48 bits per heavy atom. The highest BCUT2D eigenvalue weighted by Crippen LogP contribution is 2.44. The predicted molar refractivity (Wildman–Crippen MR) is 225 cm³/mol. The molecule has 3 aliphatic heterocycles. The van der Waals surface area contributed by atoms with E-state index in [4.69, 9.17) is 28.9 Å². The largest absolute Gasteiger partial charge is 0.488 e. The summed E-state index contributed by atoms with van der Waals surface area (Å²) in [6.45, 7) is 7.71. The number of carboxylic acid groups (broad SMARTS) is 1. The summed E-state index contributed by atoms with van der Waals surface area (Å²) in [5, 5.41) is 16.4. The summed E-state index contributed by atoms with van der Waals surface area (Å²) in [5.41, 5.74) is 6.33. The molecule has 2 saturated heterocycles. The number of alkyl carbamates (subject to hydrolysis) is 1. The number of fused-ring (bicyclic) bond motifs is 6. The van der Waals surface area contributed by atoms with Crippen molar-refractivity contribution in [2.45, 2.75) is 108 Å². The summed E-state index contributed by atoms with van der Waals surface area (Å²) in [7, 11) is 4.20. The number of benzene rings is 3. The van der Waals surface area contributed by atoms with Crippen LogP contribution in [0.2, 0.25) is 0 Å². The Morgan fingerprint density at radius 3 is 2.11 bits per heavy atom. The number of hydrogen-bond donors (Lipinski definition) is 5. The summed E-state index contributed by atoms with van der Waals surface area (Å²) in [6, 6.07) is 11.5. The van der Waals surface area contributed by atoms with Gasteiger partial charge in [-0.15, -0.1) is 0 Å².